The van der Waals surface area contributed by atoms with Crippen molar-refractivity contribution in [2.45, 2.75) is 42.5 Å². The molecule has 1 aliphatic heterocycles. The molecular formula is C23H25FN2O4S. The van der Waals surface area contributed by atoms with Gasteiger partial charge < -0.3 is 14.1 Å². The van der Waals surface area contributed by atoms with Crippen LogP contribution in [0.1, 0.15) is 32.6 Å². The number of hydrogen-bond donors (Lipinski definition) is 0. The van der Waals surface area contributed by atoms with E-state index in [4.69, 9.17) is 9.15 Å². The summed E-state index contributed by atoms with van der Waals surface area (Å²) in [5.74, 6) is 0.685. The number of benzene rings is 2. The molecule has 1 fully saturated rings. The molecule has 3 aromatic rings. The Morgan fingerprint density at radius 2 is 1.65 bits per heavy atom. The number of ether oxygens (including phenoxy) is 1. The highest BCUT2D eigenvalue weighted by molar-refractivity contribution is 7.91. The van der Waals surface area contributed by atoms with Crippen molar-refractivity contribution >= 4 is 15.7 Å². The monoisotopic (exact) mass is 444 g/mol. The third-order valence-electron chi connectivity index (χ3n) is 5.26. The van der Waals surface area contributed by atoms with Gasteiger partial charge in [0, 0.05) is 18.7 Å². The zero-order valence-corrected chi connectivity index (χ0v) is 18.2. The first-order chi connectivity index (χ1) is 15.0. The maximum Gasteiger partial charge on any atom is 0.236 e. The second-order valence-corrected chi connectivity index (χ2v) is 9.31. The van der Waals surface area contributed by atoms with Crippen LogP contribution in [0.25, 0.3) is 11.5 Å². The smallest absolute Gasteiger partial charge is 0.236 e. The lowest BCUT2D eigenvalue weighted by Crippen LogP contribution is -2.25. The lowest BCUT2D eigenvalue weighted by Gasteiger charge is -2.20. The molecule has 31 heavy (non-hydrogen) atoms. The molecule has 0 N–H and O–H groups in total. The molecule has 2 aromatic carbocycles. The van der Waals surface area contributed by atoms with E-state index < -0.39 is 15.7 Å². The maximum atomic E-state index is 13.4. The predicted octanol–water partition coefficient (Wildman–Crippen LogP) is 5.09. The molecule has 0 unspecified atom stereocenters. The van der Waals surface area contributed by atoms with Gasteiger partial charge in [0.1, 0.15) is 11.6 Å². The van der Waals surface area contributed by atoms with Gasteiger partial charge in [0.15, 0.2) is 0 Å². The molecule has 0 amide bonds. The molecule has 1 aromatic heterocycles. The van der Waals surface area contributed by atoms with Gasteiger partial charge in [-0.2, -0.15) is 4.98 Å². The molecule has 0 saturated carbocycles. The minimum atomic E-state index is -3.99. The molecule has 0 spiro atoms. The lowest BCUT2D eigenvalue weighted by atomic mass is 10.2. The van der Waals surface area contributed by atoms with Gasteiger partial charge in [-0.05, 0) is 68.3 Å². The SMILES string of the molecule is CCOc1ccc(-c2nc(S(=O)(=O)c3ccc(F)cc3)c(N3CCCCCC3)o2)cc1. The second-order valence-electron chi connectivity index (χ2n) is 7.45. The Morgan fingerprint density at radius 3 is 2.26 bits per heavy atom. The van der Waals surface area contributed by atoms with Crippen LogP contribution in [0.5, 0.6) is 5.75 Å². The van der Waals surface area contributed by atoms with Crippen LogP contribution in [0, 0.1) is 5.82 Å². The van der Waals surface area contributed by atoms with E-state index in [2.05, 4.69) is 4.98 Å². The molecule has 4 rings (SSSR count). The molecule has 164 valence electrons. The Kier molecular flexibility index (Phi) is 6.27. The largest absolute Gasteiger partial charge is 0.494 e. The van der Waals surface area contributed by atoms with Gasteiger partial charge in [0.2, 0.25) is 26.6 Å². The minimum Gasteiger partial charge on any atom is -0.494 e. The quantitative estimate of drug-likeness (QED) is 0.493. The van der Waals surface area contributed by atoms with Gasteiger partial charge in [-0.25, -0.2) is 12.8 Å². The molecule has 6 nitrogen and oxygen atoms in total. The number of halogens is 1. The summed E-state index contributed by atoms with van der Waals surface area (Å²) in [7, 11) is -3.99. The standard InChI is InChI=1S/C23H25FN2O4S/c1-2-29-19-11-7-17(8-12-19)21-25-22(23(30-21)26-15-5-3-4-6-16-26)31(27,28)20-13-9-18(24)10-14-20/h7-14H,2-6,15-16H2,1H3. The number of hydrogen-bond acceptors (Lipinski definition) is 6. The zero-order valence-electron chi connectivity index (χ0n) is 17.4. The van der Waals surface area contributed by atoms with Crippen LogP contribution < -0.4 is 9.64 Å². The minimum absolute atomic E-state index is 0.0171. The highest BCUT2D eigenvalue weighted by atomic mass is 32.2. The third kappa shape index (κ3) is 4.58. The summed E-state index contributed by atoms with van der Waals surface area (Å²) in [6.45, 7) is 3.85. The van der Waals surface area contributed by atoms with E-state index in [9.17, 15) is 12.8 Å². The molecule has 1 saturated heterocycles. The van der Waals surface area contributed by atoms with Gasteiger partial charge in [0.05, 0.1) is 11.5 Å². The highest BCUT2D eigenvalue weighted by Gasteiger charge is 2.31. The van der Waals surface area contributed by atoms with Crippen molar-refractivity contribution in [1.82, 2.24) is 4.98 Å². The van der Waals surface area contributed by atoms with Crippen molar-refractivity contribution in [3.8, 4) is 17.2 Å². The molecule has 8 heteroatoms. The first-order valence-electron chi connectivity index (χ1n) is 10.5. The molecule has 0 atom stereocenters. The Balaban J connectivity index is 1.79. The number of rotatable bonds is 6. The van der Waals surface area contributed by atoms with Gasteiger partial charge >= 0.3 is 0 Å². The molecule has 2 heterocycles. The van der Waals surface area contributed by atoms with Crippen molar-refractivity contribution in [1.29, 1.82) is 0 Å². The van der Waals surface area contributed by atoms with Gasteiger partial charge in [-0.1, -0.05) is 12.8 Å². The van der Waals surface area contributed by atoms with E-state index in [-0.39, 0.29) is 21.7 Å². The first-order valence-corrected chi connectivity index (χ1v) is 12.0. The number of anilines is 1. The summed E-state index contributed by atoms with van der Waals surface area (Å²) in [5.41, 5.74) is 0.653. The van der Waals surface area contributed by atoms with Crippen molar-refractivity contribution in [3.05, 3.63) is 54.3 Å². The second kappa shape index (κ2) is 9.09. The normalized spacial score (nSPS) is 15.0. The first kappa shape index (κ1) is 21.4. The van der Waals surface area contributed by atoms with E-state index in [1.165, 1.54) is 12.1 Å². The van der Waals surface area contributed by atoms with Crippen LogP contribution in [0.15, 0.2) is 62.9 Å². The van der Waals surface area contributed by atoms with Crippen LogP contribution in [0.3, 0.4) is 0 Å². The van der Waals surface area contributed by atoms with Crippen molar-refractivity contribution in [2.24, 2.45) is 0 Å². The third-order valence-corrected chi connectivity index (χ3v) is 6.93. The van der Waals surface area contributed by atoms with Crippen LogP contribution in [-0.4, -0.2) is 33.1 Å². The average molecular weight is 445 g/mol. The number of sulfone groups is 1. The molecule has 1 aliphatic rings. The Labute approximate surface area is 181 Å². The number of nitrogens with zero attached hydrogens (tertiary/aromatic N) is 2. The topological polar surface area (TPSA) is 72.6 Å². The maximum absolute atomic E-state index is 13.4. The summed E-state index contributed by atoms with van der Waals surface area (Å²) >= 11 is 0. The van der Waals surface area contributed by atoms with Crippen LogP contribution in [-0.2, 0) is 9.84 Å². The van der Waals surface area contributed by atoms with Crippen molar-refractivity contribution in [2.75, 3.05) is 24.6 Å². The fourth-order valence-corrected chi connectivity index (χ4v) is 4.98. The summed E-state index contributed by atoms with van der Waals surface area (Å²) in [4.78, 5) is 6.34. The number of aromatic nitrogens is 1. The molecular weight excluding hydrogens is 419 g/mol. The summed E-state index contributed by atoms with van der Waals surface area (Å²) in [6.07, 6.45) is 4.09. The average Bonchev–Trinajstić information content (AvgIpc) is 3.05. The van der Waals surface area contributed by atoms with Gasteiger partial charge in [0.25, 0.3) is 0 Å². The summed E-state index contributed by atoms with van der Waals surface area (Å²) < 4.78 is 51.7. The molecule has 0 aliphatic carbocycles. The fourth-order valence-electron chi connectivity index (χ4n) is 3.66. The van der Waals surface area contributed by atoms with Crippen molar-refractivity contribution < 1.29 is 22.0 Å². The Morgan fingerprint density at radius 1 is 1.00 bits per heavy atom. The summed E-state index contributed by atoms with van der Waals surface area (Å²) in [5, 5.41) is -0.134. The van der Waals surface area contributed by atoms with E-state index in [0.717, 1.165) is 37.8 Å². The van der Waals surface area contributed by atoms with Crippen LogP contribution >= 0.6 is 0 Å². The number of oxazole rings is 1. The highest BCUT2D eigenvalue weighted by Crippen LogP contribution is 2.36. The molecule has 0 radical (unpaired) electrons. The van der Waals surface area contributed by atoms with E-state index >= 15 is 0 Å². The fraction of sp³-hybridized carbons (Fsp3) is 0.348. The Bertz CT molecular complexity index is 1120. The predicted molar refractivity (Wildman–Crippen MR) is 116 cm³/mol. The van der Waals surface area contributed by atoms with Gasteiger partial charge in [-0.3, -0.25) is 0 Å². The van der Waals surface area contributed by atoms with Crippen LogP contribution in [0.2, 0.25) is 0 Å². The summed E-state index contributed by atoms with van der Waals surface area (Å²) in [6, 6.07) is 11.9. The molecule has 0 bridgehead atoms. The van der Waals surface area contributed by atoms with Gasteiger partial charge in [-0.15, -0.1) is 0 Å². The Hall–Kier alpha value is -2.87. The zero-order chi connectivity index (χ0) is 21.8. The van der Waals surface area contributed by atoms with E-state index in [1.807, 2.05) is 11.8 Å². The lowest BCUT2D eigenvalue weighted by molar-refractivity contribution is 0.340. The van der Waals surface area contributed by atoms with E-state index in [1.54, 1.807) is 24.3 Å². The van der Waals surface area contributed by atoms with Crippen LogP contribution in [0.4, 0.5) is 10.3 Å². The van der Waals surface area contributed by atoms with E-state index in [0.29, 0.717) is 31.0 Å². The van der Waals surface area contributed by atoms with Crippen molar-refractivity contribution in [3.63, 3.8) is 0 Å².